The van der Waals surface area contributed by atoms with Crippen molar-refractivity contribution >= 4 is 16.1 Å². The lowest BCUT2D eigenvalue weighted by atomic mass is 10.1. The van der Waals surface area contributed by atoms with Gasteiger partial charge in [0.15, 0.2) is 0 Å². The van der Waals surface area contributed by atoms with Gasteiger partial charge in [-0.2, -0.15) is 8.42 Å². The first-order chi connectivity index (χ1) is 14.4. The second kappa shape index (κ2) is 10.0. The topological polar surface area (TPSA) is 84.9 Å². The van der Waals surface area contributed by atoms with Crippen molar-refractivity contribution in [3.05, 3.63) is 54.1 Å². The molecule has 0 radical (unpaired) electrons. The van der Waals surface area contributed by atoms with Crippen LogP contribution in [0.5, 0.6) is 11.5 Å². The third-order valence-corrected chi connectivity index (χ3v) is 5.47. The molecule has 31 heavy (non-hydrogen) atoms. The summed E-state index contributed by atoms with van der Waals surface area (Å²) in [6.45, 7) is 10.9. The highest BCUT2D eigenvalue weighted by atomic mass is 32.2. The molecular formula is C23H32N2O5S. The lowest BCUT2D eigenvalue weighted by molar-refractivity contribution is 0.179. The van der Waals surface area contributed by atoms with Gasteiger partial charge in [0, 0.05) is 18.6 Å². The van der Waals surface area contributed by atoms with Crippen LogP contribution >= 0.6 is 0 Å². The Morgan fingerprint density at radius 1 is 1.00 bits per heavy atom. The molecule has 0 spiro atoms. The van der Waals surface area contributed by atoms with E-state index in [0.717, 1.165) is 5.56 Å². The summed E-state index contributed by atoms with van der Waals surface area (Å²) in [6, 6.07) is 12.5. The summed E-state index contributed by atoms with van der Waals surface area (Å²) < 4.78 is 35.2. The summed E-state index contributed by atoms with van der Waals surface area (Å²) in [5, 5.41) is 2.99. The molecule has 0 heterocycles. The molecule has 0 saturated carbocycles. The van der Waals surface area contributed by atoms with Crippen LogP contribution in [0.4, 0.5) is 4.79 Å². The van der Waals surface area contributed by atoms with E-state index in [0.29, 0.717) is 24.8 Å². The van der Waals surface area contributed by atoms with Crippen LogP contribution < -0.4 is 14.2 Å². The highest BCUT2D eigenvalue weighted by molar-refractivity contribution is 7.87. The number of hydrogen-bond acceptors (Lipinski definition) is 5. The standard InChI is InChI=1S/C23H32N2O5S/c1-17(2)15-25(22(26)24-23(3,4)5)16-18-7-9-20(10-8-18)30-31(27,28)21-13-11-19(29-6)12-14-21/h7-14,17H,15-16H2,1-6H3,(H,24,26). The zero-order valence-electron chi connectivity index (χ0n) is 19.0. The fraction of sp³-hybridized carbons (Fsp3) is 0.435. The van der Waals surface area contributed by atoms with E-state index in [1.165, 1.54) is 19.2 Å². The van der Waals surface area contributed by atoms with E-state index in [4.69, 9.17) is 8.92 Å². The molecule has 2 rings (SSSR count). The molecule has 1 N–H and O–H groups in total. The van der Waals surface area contributed by atoms with Crippen LogP contribution in [0.3, 0.4) is 0 Å². The van der Waals surface area contributed by atoms with Crippen molar-refractivity contribution in [1.82, 2.24) is 10.2 Å². The van der Waals surface area contributed by atoms with Crippen LogP contribution in [0.15, 0.2) is 53.4 Å². The van der Waals surface area contributed by atoms with Gasteiger partial charge in [-0.1, -0.05) is 26.0 Å². The van der Waals surface area contributed by atoms with Gasteiger partial charge in [-0.3, -0.25) is 0 Å². The maximum atomic E-state index is 12.7. The highest BCUT2D eigenvalue weighted by Gasteiger charge is 2.21. The minimum atomic E-state index is -3.95. The van der Waals surface area contributed by atoms with Gasteiger partial charge in [0.25, 0.3) is 0 Å². The molecule has 0 aliphatic heterocycles. The molecule has 170 valence electrons. The third kappa shape index (κ3) is 7.79. The molecular weight excluding hydrogens is 416 g/mol. The molecule has 7 nitrogen and oxygen atoms in total. The molecule has 0 atom stereocenters. The summed E-state index contributed by atoms with van der Waals surface area (Å²) >= 11 is 0. The number of benzene rings is 2. The van der Waals surface area contributed by atoms with Crippen LogP contribution in [0, 0.1) is 5.92 Å². The van der Waals surface area contributed by atoms with E-state index in [1.54, 1.807) is 41.3 Å². The fourth-order valence-corrected chi connectivity index (χ4v) is 3.78. The van der Waals surface area contributed by atoms with E-state index < -0.39 is 10.1 Å². The van der Waals surface area contributed by atoms with Gasteiger partial charge in [-0.05, 0) is 68.7 Å². The number of urea groups is 1. The number of amides is 2. The smallest absolute Gasteiger partial charge is 0.339 e. The van der Waals surface area contributed by atoms with Gasteiger partial charge in [0.1, 0.15) is 16.4 Å². The molecule has 0 aliphatic carbocycles. The Bertz CT molecular complexity index is 963. The van der Waals surface area contributed by atoms with Crippen LogP contribution in [0.1, 0.15) is 40.2 Å². The maximum absolute atomic E-state index is 12.7. The molecule has 2 aromatic carbocycles. The van der Waals surface area contributed by atoms with E-state index >= 15 is 0 Å². The van der Waals surface area contributed by atoms with Crippen molar-refractivity contribution in [2.45, 2.75) is 51.6 Å². The Labute approximate surface area is 185 Å². The summed E-state index contributed by atoms with van der Waals surface area (Å²) in [6.07, 6.45) is 0. The van der Waals surface area contributed by atoms with Crippen LogP contribution in [-0.4, -0.2) is 38.5 Å². The first kappa shape index (κ1) is 24.5. The summed E-state index contributed by atoms with van der Waals surface area (Å²) in [4.78, 5) is 14.4. The molecule has 2 amide bonds. The van der Waals surface area contributed by atoms with Crippen LogP contribution in [0.2, 0.25) is 0 Å². The first-order valence-electron chi connectivity index (χ1n) is 10.1. The second-order valence-corrected chi connectivity index (χ2v) is 10.4. The molecule has 0 saturated heterocycles. The van der Waals surface area contributed by atoms with Gasteiger partial charge >= 0.3 is 16.1 Å². The predicted octanol–water partition coefficient (Wildman–Crippen LogP) is 4.43. The minimum absolute atomic E-state index is 0.0411. The number of methoxy groups -OCH3 is 1. The van der Waals surface area contributed by atoms with Crippen molar-refractivity contribution in [1.29, 1.82) is 0 Å². The van der Waals surface area contributed by atoms with Gasteiger partial charge in [0.05, 0.1) is 7.11 Å². The van der Waals surface area contributed by atoms with E-state index in [9.17, 15) is 13.2 Å². The van der Waals surface area contributed by atoms with E-state index in [-0.39, 0.29) is 22.2 Å². The van der Waals surface area contributed by atoms with Crippen LogP contribution in [-0.2, 0) is 16.7 Å². The lowest BCUT2D eigenvalue weighted by Crippen LogP contribution is -2.49. The summed E-state index contributed by atoms with van der Waals surface area (Å²) in [5.41, 5.74) is 0.540. The predicted molar refractivity (Wildman–Crippen MR) is 121 cm³/mol. The van der Waals surface area contributed by atoms with Crippen molar-refractivity contribution in [2.24, 2.45) is 5.92 Å². The third-order valence-electron chi connectivity index (χ3n) is 4.21. The Morgan fingerprint density at radius 3 is 2.03 bits per heavy atom. The fourth-order valence-electron chi connectivity index (χ4n) is 2.85. The van der Waals surface area contributed by atoms with E-state index in [1.807, 2.05) is 20.8 Å². The van der Waals surface area contributed by atoms with Crippen molar-refractivity contribution in [2.75, 3.05) is 13.7 Å². The number of ether oxygens (including phenoxy) is 1. The average molecular weight is 449 g/mol. The SMILES string of the molecule is COc1ccc(S(=O)(=O)Oc2ccc(CN(CC(C)C)C(=O)NC(C)(C)C)cc2)cc1. The summed E-state index contributed by atoms with van der Waals surface area (Å²) in [7, 11) is -2.44. The zero-order chi connectivity index (χ0) is 23.2. The summed E-state index contributed by atoms with van der Waals surface area (Å²) in [5.74, 6) is 1.07. The first-order valence-corrected chi connectivity index (χ1v) is 11.5. The van der Waals surface area contributed by atoms with Gasteiger partial charge in [-0.15, -0.1) is 0 Å². The van der Waals surface area contributed by atoms with Crippen molar-refractivity contribution in [3.63, 3.8) is 0 Å². The molecule has 0 bridgehead atoms. The molecule has 8 heteroatoms. The van der Waals surface area contributed by atoms with Crippen LogP contribution in [0.25, 0.3) is 0 Å². The molecule has 0 aromatic heterocycles. The number of rotatable bonds is 8. The zero-order valence-corrected chi connectivity index (χ0v) is 19.8. The van der Waals surface area contributed by atoms with Gasteiger partial charge < -0.3 is 19.1 Å². The minimum Gasteiger partial charge on any atom is -0.497 e. The number of carbonyl (C=O) groups is 1. The largest absolute Gasteiger partial charge is 0.497 e. The Morgan fingerprint density at radius 2 is 1.55 bits per heavy atom. The number of carbonyl (C=O) groups excluding carboxylic acids is 1. The maximum Gasteiger partial charge on any atom is 0.339 e. The molecule has 0 aliphatic rings. The Balaban J connectivity index is 2.10. The number of hydrogen-bond donors (Lipinski definition) is 1. The van der Waals surface area contributed by atoms with Crippen molar-refractivity contribution in [3.8, 4) is 11.5 Å². The molecule has 0 fully saturated rings. The molecule has 0 unspecified atom stereocenters. The normalized spacial score (nSPS) is 11.8. The van der Waals surface area contributed by atoms with Crippen molar-refractivity contribution < 1.29 is 22.1 Å². The number of nitrogens with one attached hydrogen (secondary N) is 1. The highest BCUT2D eigenvalue weighted by Crippen LogP contribution is 2.22. The Hall–Kier alpha value is -2.74. The van der Waals surface area contributed by atoms with Gasteiger partial charge in [-0.25, -0.2) is 4.79 Å². The molecule has 2 aromatic rings. The lowest BCUT2D eigenvalue weighted by Gasteiger charge is -2.29. The second-order valence-electron chi connectivity index (χ2n) is 8.81. The average Bonchev–Trinajstić information content (AvgIpc) is 2.67. The Kier molecular flexibility index (Phi) is 7.95. The van der Waals surface area contributed by atoms with E-state index in [2.05, 4.69) is 19.2 Å². The van der Waals surface area contributed by atoms with Gasteiger partial charge in [0.2, 0.25) is 0 Å². The quantitative estimate of drug-likeness (QED) is 0.604. The monoisotopic (exact) mass is 448 g/mol. The number of nitrogens with zero attached hydrogens (tertiary/aromatic N) is 1.